The van der Waals surface area contributed by atoms with Gasteiger partial charge in [-0.25, -0.2) is 0 Å². The molecule has 28 heavy (non-hydrogen) atoms. The standard InChI is InChI=1S/C22H23N3O.C2H6/c23-12-13-25(16-17-6-2-1-3-7-17)22(26)14-18-10-11-19(15-24)21-9-5-4-8-20(18)21;1-2/h1-11,15,24H,12-14,16,23H2;1-2H3. The lowest BCUT2D eigenvalue weighted by atomic mass is 9.97. The van der Waals surface area contributed by atoms with Crippen LogP contribution < -0.4 is 5.73 Å². The maximum absolute atomic E-state index is 12.9. The van der Waals surface area contributed by atoms with Crippen molar-refractivity contribution in [2.45, 2.75) is 26.8 Å². The molecular formula is C24H29N3O. The number of nitrogens with two attached hydrogens (primary N) is 1. The van der Waals surface area contributed by atoms with Crippen molar-refractivity contribution in [1.29, 1.82) is 5.41 Å². The molecule has 0 atom stereocenters. The average molecular weight is 376 g/mol. The number of carbonyl (C=O) groups is 1. The van der Waals surface area contributed by atoms with E-state index < -0.39 is 0 Å². The summed E-state index contributed by atoms with van der Waals surface area (Å²) in [4.78, 5) is 14.7. The third kappa shape index (κ3) is 5.27. The van der Waals surface area contributed by atoms with E-state index in [1.54, 1.807) is 0 Å². The Kier molecular flexibility index (Phi) is 8.37. The third-order valence-corrected chi connectivity index (χ3v) is 4.51. The van der Waals surface area contributed by atoms with E-state index in [9.17, 15) is 4.79 Å². The van der Waals surface area contributed by atoms with Crippen LogP contribution in [0.2, 0.25) is 0 Å². The summed E-state index contributed by atoms with van der Waals surface area (Å²) in [5.41, 5.74) is 8.66. The van der Waals surface area contributed by atoms with Crippen LogP contribution in [0.3, 0.4) is 0 Å². The molecule has 1 amide bonds. The Morgan fingerprint density at radius 3 is 2.25 bits per heavy atom. The largest absolute Gasteiger partial charge is 0.337 e. The van der Waals surface area contributed by atoms with Gasteiger partial charge >= 0.3 is 0 Å². The molecule has 0 heterocycles. The second kappa shape index (κ2) is 11.0. The fourth-order valence-electron chi connectivity index (χ4n) is 3.19. The Balaban J connectivity index is 0.00000136. The minimum Gasteiger partial charge on any atom is -0.337 e. The molecule has 0 aliphatic rings. The van der Waals surface area contributed by atoms with Crippen molar-refractivity contribution < 1.29 is 4.79 Å². The molecule has 0 saturated carbocycles. The molecule has 4 heteroatoms. The molecule has 146 valence electrons. The average Bonchev–Trinajstić information content (AvgIpc) is 2.76. The van der Waals surface area contributed by atoms with E-state index >= 15 is 0 Å². The van der Waals surface area contributed by atoms with Gasteiger partial charge in [-0.05, 0) is 27.5 Å². The highest BCUT2D eigenvalue weighted by molar-refractivity contribution is 6.01. The topological polar surface area (TPSA) is 70.2 Å². The number of rotatable bonds is 7. The molecule has 0 saturated heterocycles. The van der Waals surface area contributed by atoms with Crippen LogP contribution in [-0.4, -0.2) is 30.1 Å². The summed E-state index contributed by atoms with van der Waals surface area (Å²) >= 11 is 0. The van der Waals surface area contributed by atoms with E-state index in [1.165, 1.54) is 6.21 Å². The highest BCUT2D eigenvalue weighted by Gasteiger charge is 2.16. The molecule has 0 spiro atoms. The Morgan fingerprint density at radius 2 is 1.61 bits per heavy atom. The number of hydrogen-bond acceptors (Lipinski definition) is 3. The summed E-state index contributed by atoms with van der Waals surface area (Å²) < 4.78 is 0. The lowest BCUT2D eigenvalue weighted by Gasteiger charge is -2.23. The highest BCUT2D eigenvalue weighted by Crippen LogP contribution is 2.23. The Labute approximate surface area is 167 Å². The van der Waals surface area contributed by atoms with Gasteiger partial charge in [0.05, 0.1) is 6.42 Å². The molecule has 3 aromatic carbocycles. The molecule has 0 aromatic heterocycles. The van der Waals surface area contributed by atoms with Crippen molar-refractivity contribution in [3.05, 3.63) is 83.4 Å². The Hall–Kier alpha value is -2.98. The number of nitrogens with one attached hydrogen (secondary N) is 1. The summed E-state index contributed by atoms with van der Waals surface area (Å²) in [7, 11) is 0. The smallest absolute Gasteiger partial charge is 0.227 e. The van der Waals surface area contributed by atoms with Crippen molar-refractivity contribution in [2.75, 3.05) is 13.1 Å². The molecule has 0 aliphatic carbocycles. The van der Waals surface area contributed by atoms with Crippen LogP contribution in [0.25, 0.3) is 10.8 Å². The monoisotopic (exact) mass is 375 g/mol. The van der Waals surface area contributed by atoms with Gasteiger partial charge in [0, 0.05) is 25.8 Å². The van der Waals surface area contributed by atoms with E-state index in [-0.39, 0.29) is 5.91 Å². The second-order valence-electron chi connectivity index (χ2n) is 6.27. The van der Waals surface area contributed by atoms with Gasteiger partial charge in [-0.3, -0.25) is 4.79 Å². The first kappa shape index (κ1) is 21.3. The van der Waals surface area contributed by atoms with E-state index in [1.807, 2.05) is 85.5 Å². The van der Waals surface area contributed by atoms with Crippen molar-refractivity contribution in [1.82, 2.24) is 4.90 Å². The lowest BCUT2D eigenvalue weighted by molar-refractivity contribution is -0.131. The summed E-state index contributed by atoms with van der Waals surface area (Å²) in [6.45, 7) is 5.53. The first-order chi connectivity index (χ1) is 13.7. The van der Waals surface area contributed by atoms with Crippen LogP contribution in [0, 0.1) is 5.41 Å². The predicted molar refractivity (Wildman–Crippen MR) is 118 cm³/mol. The third-order valence-electron chi connectivity index (χ3n) is 4.51. The summed E-state index contributed by atoms with van der Waals surface area (Å²) in [6, 6.07) is 21.7. The van der Waals surface area contributed by atoms with E-state index in [0.717, 1.165) is 27.5 Å². The van der Waals surface area contributed by atoms with Crippen LogP contribution in [0.4, 0.5) is 0 Å². The van der Waals surface area contributed by atoms with Crippen molar-refractivity contribution in [2.24, 2.45) is 5.73 Å². The summed E-state index contributed by atoms with van der Waals surface area (Å²) in [6.07, 6.45) is 1.68. The molecular weight excluding hydrogens is 346 g/mol. The molecule has 0 unspecified atom stereocenters. The maximum Gasteiger partial charge on any atom is 0.227 e. The lowest BCUT2D eigenvalue weighted by Crippen LogP contribution is -2.36. The molecule has 0 fully saturated rings. The predicted octanol–water partition coefficient (Wildman–Crippen LogP) is 4.39. The van der Waals surface area contributed by atoms with Gasteiger partial charge in [0.2, 0.25) is 5.91 Å². The van der Waals surface area contributed by atoms with Gasteiger partial charge in [0.25, 0.3) is 0 Å². The van der Waals surface area contributed by atoms with Gasteiger partial charge in [-0.1, -0.05) is 80.6 Å². The summed E-state index contributed by atoms with van der Waals surface area (Å²) in [5, 5.41) is 9.60. The van der Waals surface area contributed by atoms with Gasteiger partial charge in [0.15, 0.2) is 0 Å². The minimum absolute atomic E-state index is 0.0621. The first-order valence-corrected chi connectivity index (χ1v) is 9.76. The maximum atomic E-state index is 12.9. The number of benzene rings is 3. The van der Waals surface area contributed by atoms with Crippen LogP contribution in [0.1, 0.15) is 30.5 Å². The normalized spacial score (nSPS) is 10.1. The quantitative estimate of drug-likeness (QED) is 0.601. The first-order valence-electron chi connectivity index (χ1n) is 9.76. The molecule has 4 nitrogen and oxygen atoms in total. The van der Waals surface area contributed by atoms with Gasteiger partial charge in [-0.2, -0.15) is 0 Å². The molecule has 3 rings (SSSR count). The zero-order chi connectivity index (χ0) is 20.4. The molecule has 0 bridgehead atoms. The number of amides is 1. The van der Waals surface area contributed by atoms with Crippen LogP contribution in [0.15, 0.2) is 66.7 Å². The van der Waals surface area contributed by atoms with Crippen molar-refractivity contribution in [3.63, 3.8) is 0 Å². The number of fused-ring (bicyclic) bond motifs is 1. The van der Waals surface area contributed by atoms with Crippen LogP contribution >= 0.6 is 0 Å². The van der Waals surface area contributed by atoms with Gasteiger partial charge < -0.3 is 16.0 Å². The van der Waals surface area contributed by atoms with Crippen molar-refractivity contribution in [3.8, 4) is 0 Å². The molecule has 0 aliphatic heterocycles. The van der Waals surface area contributed by atoms with Crippen LogP contribution in [-0.2, 0) is 17.8 Å². The fraction of sp³-hybridized carbons (Fsp3) is 0.250. The van der Waals surface area contributed by atoms with E-state index in [2.05, 4.69) is 0 Å². The second-order valence-corrected chi connectivity index (χ2v) is 6.27. The zero-order valence-corrected chi connectivity index (χ0v) is 16.7. The SMILES string of the molecule is CC.N=Cc1ccc(CC(=O)N(CCN)Cc2ccccc2)c2ccccc12. The fourth-order valence-corrected chi connectivity index (χ4v) is 3.19. The van der Waals surface area contributed by atoms with E-state index in [0.29, 0.717) is 26.1 Å². The summed E-state index contributed by atoms with van der Waals surface area (Å²) in [5.74, 6) is 0.0621. The number of carbonyl (C=O) groups excluding carboxylic acids is 1. The van der Waals surface area contributed by atoms with Gasteiger partial charge in [-0.15, -0.1) is 0 Å². The number of hydrogen-bond donors (Lipinski definition) is 2. The van der Waals surface area contributed by atoms with Gasteiger partial charge in [0.1, 0.15) is 0 Å². The highest BCUT2D eigenvalue weighted by atomic mass is 16.2. The Bertz CT molecular complexity index is 906. The van der Waals surface area contributed by atoms with E-state index in [4.69, 9.17) is 11.1 Å². The molecule has 3 aromatic rings. The molecule has 0 radical (unpaired) electrons. The van der Waals surface area contributed by atoms with Crippen LogP contribution in [0.5, 0.6) is 0 Å². The van der Waals surface area contributed by atoms with Crippen molar-refractivity contribution >= 4 is 22.9 Å². The number of nitrogens with zero attached hydrogens (tertiary/aromatic N) is 1. The Morgan fingerprint density at radius 1 is 0.964 bits per heavy atom. The zero-order valence-electron chi connectivity index (χ0n) is 16.7. The molecule has 3 N–H and O–H groups in total. The minimum atomic E-state index is 0.0621.